The van der Waals surface area contributed by atoms with Gasteiger partial charge in [0.05, 0.1) is 0 Å². The van der Waals surface area contributed by atoms with Gasteiger partial charge in [-0.2, -0.15) is 16.8 Å². The molecule has 0 aromatic heterocycles. The summed E-state index contributed by atoms with van der Waals surface area (Å²) < 4.78 is 58.4. The second-order valence-corrected chi connectivity index (χ2v) is 6.80. The summed E-state index contributed by atoms with van der Waals surface area (Å²) in [5, 5.41) is 0. The fourth-order valence-corrected chi connectivity index (χ4v) is 1.07. The summed E-state index contributed by atoms with van der Waals surface area (Å²) in [5.74, 6) is 0. The van der Waals surface area contributed by atoms with Crippen LogP contribution in [0.1, 0.15) is 0 Å². The lowest BCUT2D eigenvalue weighted by Gasteiger charge is -2.07. The molecular weight excluding hydrogens is 249 g/mol. The molecular formula is CCl2F2O4S2. The normalized spacial score (nSPS) is 14.9. The van der Waals surface area contributed by atoms with Gasteiger partial charge >= 0.3 is 23.4 Å². The highest BCUT2D eigenvalue weighted by Gasteiger charge is 2.54. The predicted molar refractivity (Wildman–Crippen MR) is 34.5 cm³/mol. The van der Waals surface area contributed by atoms with Gasteiger partial charge in [-0.1, -0.05) is 23.2 Å². The van der Waals surface area contributed by atoms with Gasteiger partial charge in [-0.25, -0.2) is 0 Å². The highest BCUT2D eigenvalue weighted by Crippen LogP contribution is 2.36. The summed E-state index contributed by atoms with van der Waals surface area (Å²) in [6, 6.07) is 0. The minimum Gasteiger partial charge on any atom is -0.190 e. The second kappa shape index (κ2) is 2.68. The van der Waals surface area contributed by atoms with E-state index in [4.69, 9.17) is 0 Å². The Hall–Kier alpha value is 0.340. The molecule has 0 rings (SSSR count). The lowest BCUT2D eigenvalue weighted by atomic mass is 11.8. The van der Waals surface area contributed by atoms with Crippen LogP contribution in [-0.2, 0) is 20.4 Å². The van der Waals surface area contributed by atoms with Gasteiger partial charge in [0, 0.05) is 0 Å². The maximum Gasteiger partial charge on any atom is 0.377 e. The molecule has 10 heteroatoms. The van der Waals surface area contributed by atoms with E-state index < -0.39 is 23.4 Å². The van der Waals surface area contributed by atoms with Crippen LogP contribution in [0.4, 0.5) is 7.77 Å². The van der Waals surface area contributed by atoms with Gasteiger partial charge in [-0.15, -0.1) is 7.77 Å². The Balaban J connectivity index is 5.45. The molecule has 0 saturated heterocycles. The molecule has 0 unspecified atom stereocenters. The zero-order chi connectivity index (χ0) is 9.50. The Kier molecular flexibility index (Phi) is 2.76. The molecule has 0 atom stereocenters. The number of rotatable bonds is 2. The van der Waals surface area contributed by atoms with Gasteiger partial charge < -0.3 is 0 Å². The lowest BCUT2D eigenvalue weighted by Crippen LogP contribution is -2.29. The molecule has 0 aromatic carbocycles. The summed E-state index contributed by atoms with van der Waals surface area (Å²) in [7, 11) is -11.8. The smallest absolute Gasteiger partial charge is 0.190 e. The van der Waals surface area contributed by atoms with E-state index in [1.807, 2.05) is 0 Å². The highest BCUT2D eigenvalue weighted by atomic mass is 35.5. The molecule has 11 heavy (non-hydrogen) atoms. The van der Waals surface area contributed by atoms with Gasteiger partial charge in [0.1, 0.15) is 0 Å². The van der Waals surface area contributed by atoms with Crippen molar-refractivity contribution in [1.29, 1.82) is 0 Å². The van der Waals surface area contributed by atoms with Crippen molar-refractivity contribution in [3.63, 3.8) is 0 Å². The quantitative estimate of drug-likeness (QED) is 0.532. The van der Waals surface area contributed by atoms with Crippen LogP contribution in [0.5, 0.6) is 0 Å². The maximum absolute atomic E-state index is 11.8. The molecule has 4 nitrogen and oxygen atoms in total. The molecule has 0 fully saturated rings. The van der Waals surface area contributed by atoms with Crippen molar-refractivity contribution < 1.29 is 24.6 Å². The highest BCUT2D eigenvalue weighted by molar-refractivity contribution is 8.10. The van der Waals surface area contributed by atoms with Crippen molar-refractivity contribution in [2.24, 2.45) is 0 Å². The van der Waals surface area contributed by atoms with E-state index in [1.54, 1.807) is 0 Å². The average Bonchev–Trinajstić information content (AvgIpc) is 1.58. The van der Waals surface area contributed by atoms with Crippen LogP contribution >= 0.6 is 23.2 Å². The van der Waals surface area contributed by atoms with Crippen LogP contribution < -0.4 is 0 Å². The van der Waals surface area contributed by atoms with E-state index in [9.17, 15) is 24.6 Å². The predicted octanol–water partition coefficient (Wildman–Crippen LogP) is 0.674. The van der Waals surface area contributed by atoms with Crippen molar-refractivity contribution >= 4 is 43.6 Å². The first-order valence-electron chi connectivity index (χ1n) is 1.76. The average molecular weight is 249 g/mol. The van der Waals surface area contributed by atoms with E-state index >= 15 is 0 Å². The molecule has 0 aliphatic heterocycles. The van der Waals surface area contributed by atoms with E-state index in [0.717, 1.165) is 0 Å². The maximum atomic E-state index is 11.8. The van der Waals surface area contributed by atoms with Crippen molar-refractivity contribution in [2.45, 2.75) is 3.00 Å². The third-order valence-electron chi connectivity index (χ3n) is 0.568. The Morgan fingerprint density at radius 2 is 1.09 bits per heavy atom. The monoisotopic (exact) mass is 248 g/mol. The first-order chi connectivity index (χ1) is 4.50. The Morgan fingerprint density at radius 3 is 1.09 bits per heavy atom. The minimum absolute atomic E-state index is 4.07. The number of hydrogen-bond donors (Lipinski definition) is 0. The molecule has 0 aliphatic rings. The van der Waals surface area contributed by atoms with Crippen LogP contribution in [-0.4, -0.2) is 19.8 Å². The van der Waals surface area contributed by atoms with Gasteiger partial charge in [-0.3, -0.25) is 0 Å². The topological polar surface area (TPSA) is 68.3 Å². The number of alkyl halides is 2. The summed E-state index contributed by atoms with van der Waals surface area (Å²) >= 11 is 8.66. The second-order valence-electron chi connectivity index (χ2n) is 1.34. The third kappa shape index (κ3) is 2.14. The van der Waals surface area contributed by atoms with Gasteiger partial charge in [-0.05, 0) is 0 Å². The molecule has 0 radical (unpaired) electrons. The summed E-state index contributed by atoms with van der Waals surface area (Å²) in [4.78, 5) is 0. The van der Waals surface area contributed by atoms with Crippen LogP contribution in [0.3, 0.4) is 0 Å². The summed E-state index contributed by atoms with van der Waals surface area (Å²) in [6.45, 7) is 0. The van der Waals surface area contributed by atoms with Crippen molar-refractivity contribution in [1.82, 2.24) is 0 Å². The van der Waals surface area contributed by atoms with E-state index in [-0.39, 0.29) is 0 Å². The fraction of sp³-hybridized carbons (Fsp3) is 1.00. The molecule has 0 N–H and O–H groups in total. The summed E-state index contributed by atoms with van der Waals surface area (Å²) in [5.41, 5.74) is 0. The van der Waals surface area contributed by atoms with Crippen LogP contribution in [0.15, 0.2) is 0 Å². The molecule has 0 saturated carbocycles. The molecule has 68 valence electrons. The van der Waals surface area contributed by atoms with Gasteiger partial charge in [0.2, 0.25) is 0 Å². The van der Waals surface area contributed by atoms with E-state index in [2.05, 4.69) is 23.2 Å². The Labute approximate surface area is 71.5 Å². The summed E-state index contributed by atoms with van der Waals surface area (Å²) in [6.07, 6.45) is 0. The SMILES string of the molecule is O=S(=O)(F)C(Cl)(Cl)S(=O)(=O)F. The van der Waals surface area contributed by atoms with Crippen LogP contribution in [0, 0.1) is 0 Å². The van der Waals surface area contributed by atoms with Gasteiger partial charge in [0.25, 0.3) is 0 Å². The molecule has 0 bridgehead atoms. The minimum atomic E-state index is -5.89. The lowest BCUT2D eigenvalue weighted by molar-refractivity contribution is 0.533. The van der Waals surface area contributed by atoms with Crippen molar-refractivity contribution in [2.75, 3.05) is 0 Å². The largest absolute Gasteiger partial charge is 0.377 e. The molecule has 0 spiro atoms. The third-order valence-corrected chi connectivity index (χ3v) is 5.11. The first-order valence-corrected chi connectivity index (χ1v) is 5.28. The number of hydrogen-bond acceptors (Lipinski definition) is 4. The van der Waals surface area contributed by atoms with Crippen molar-refractivity contribution in [3.05, 3.63) is 0 Å². The fourth-order valence-electron chi connectivity index (χ4n) is 0.119. The van der Waals surface area contributed by atoms with Crippen LogP contribution in [0.25, 0.3) is 0 Å². The standard InChI is InChI=1S/CCl2F2O4S2/c2-1(3,10(4,6)7)11(5,8)9. The molecule has 0 aliphatic carbocycles. The number of halogens is 4. The Morgan fingerprint density at radius 1 is 0.909 bits per heavy atom. The van der Waals surface area contributed by atoms with Gasteiger partial charge in [0.15, 0.2) is 0 Å². The first kappa shape index (κ1) is 11.3. The van der Waals surface area contributed by atoms with Crippen molar-refractivity contribution in [3.8, 4) is 0 Å². The molecule has 0 heterocycles. The van der Waals surface area contributed by atoms with E-state index in [1.165, 1.54) is 0 Å². The van der Waals surface area contributed by atoms with Crippen LogP contribution in [0.2, 0.25) is 0 Å². The zero-order valence-corrected chi connectivity index (χ0v) is 7.61. The Bertz CT molecular complexity index is 306. The van der Waals surface area contributed by atoms with E-state index in [0.29, 0.717) is 0 Å². The molecule has 0 amide bonds. The zero-order valence-electron chi connectivity index (χ0n) is 4.46. The molecule has 0 aromatic rings.